The zero-order valence-electron chi connectivity index (χ0n) is 11.6. The highest BCUT2D eigenvalue weighted by molar-refractivity contribution is 5.70. The van der Waals surface area contributed by atoms with Gasteiger partial charge in [-0.15, -0.1) is 0 Å². The molecular formula is C15H23NO2. The molecule has 0 fully saturated rings. The van der Waals surface area contributed by atoms with Crippen LogP contribution in [0.3, 0.4) is 0 Å². The van der Waals surface area contributed by atoms with Gasteiger partial charge >= 0.3 is 5.97 Å². The first kappa shape index (κ1) is 14.7. The molecule has 0 saturated carbocycles. The van der Waals surface area contributed by atoms with Crippen LogP contribution in [-0.4, -0.2) is 17.1 Å². The Balaban J connectivity index is 2.79. The van der Waals surface area contributed by atoms with Crippen molar-refractivity contribution in [2.75, 3.05) is 0 Å². The number of rotatable bonds is 6. The second kappa shape index (κ2) is 6.55. The molecule has 100 valence electrons. The minimum atomic E-state index is -0.759. The summed E-state index contributed by atoms with van der Waals surface area (Å²) >= 11 is 0. The van der Waals surface area contributed by atoms with Gasteiger partial charge in [0.2, 0.25) is 0 Å². The number of aliphatic carboxylic acids is 1. The van der Waals surface area contributed by atoms with Crippen LogP contribution in [0.1, 0.15) is 39.3 Å². The molecule has 0 radical (unpaired) electrons. The van der Waals surface area contributed by atoms with Crippen molar-refractivity contribution in [1.29, 1.82) is 0 Å². The van der Waals surface area contributed by atoms with E-state index in [9.17, 15) is 4.79 Å². The van der Waals surface area contributed by atoms with Crippen LogP contribution in [0.5, 0.6) is 0 Å². The third-order valence-electron chi connectivity index (χ3n) is 3.41. The first-order chi connectivity index (χ1) is 8.43. The predicted octanol–water partition coefficient (Wildman–Crippen LogP) is 3.08. The molecule has 1 rings (SSSR count). The zero-order chi connectivity index (χ0) is 13.7. The molecule has 3 nitrogen and oxygen atoms in total. The van der Waals surface area contributed by atoms with Crippen molar-refractivity contribution in [3.05, 3.63) is 35.9 Å². The molecule has 2 N–H and O–H groups in total. The molecule has 0 aliphatic carbocycles. The van der Waals surface area contributed by atoms with Crippen LogP contribution in [0.15, 0.2) is 30.3 Å². The van der Waals surface area contributed by atoms with Gasteiger partial charge in [-0.2, -0.15) is 0 Å². The van der Waals surface area contributed by atoms with Gasteiger partial charge in [-0.05, 0) is 18.4 Å². The minimum absolute atomic E-state index is 0.0601. The molecule has 0 spiro atoms. The Bertz CT molecular complexity index is 375. The van der Waals surface area contributed by atoms with Crippen LogP contribution >= 0.6 is 0 Å². The second-order valence-corrected chi connectivity index (χ2v) is 5.21. The Morgan fingerprint density at radius 2 is 1.67 bits per heavy atom. The normalized spacial score (nSPS) is 16.3. The maximum Gasteiger partial charge on any atom is 0.307 e. The Kier molecular flexibility index (Phi) is 5.35. The number of benzene rings is 1. The molecule has 3 atom stereocenters. The Morgan fingerprint density at radius 1 is 1.11 bits per heavy atom. The summed E-state index contributed by atoms with van der Waals surface area (Å²) in [6.45, 7) is 7.95. The van der Waals surface area contributed by atoms with E-state index in [1.165, 1.54) is 5.56 Å². The molecule has 3 heteroatoms. The summed E-state index contributed by atoms with van der Waals surface area (Å²) in [6, 6.07) is 10.3. The van der Waals surface area contributed by atoms with Crippen LogP contribution in [0.2, 0.25) is 0 Å². The SMILES string of the molecule is CC(C(=O)O)[C@@H](C)N[C@@H](c1ccccc1)C(C)C. The molecule has 0 amide bonds. The number of carboxylic acids is 1. The van der Waals surface area contributed by atoms with Crippen molar-refractivity contribution in [1.82, 2.24) is 5.32 Å². The average Bonchev–Trinajstić information content (AvgIpc) is 2.35. The number of hydrogen-bond donors (Lipinski definition) is 2. The third-order valence-corrected chi connectivity index (χ3v) is 3.41. The molecule has 0 aliphatic heterocycles. The lowest BCUT2D eigenvalue weighted by molar-refractivity contribution is -0.142. The summed E-state index contributed by atoms with van der Waals surface area (Å²) in [7, 11) is 0. The Hall–Kier alpha value is -1.35. The zero-order valence-corrected chi connectivity index (χ0v) is 11.6. The molecule has 0 heterocycles. The maximum absolute atomic E-state index is 11.0. The van der Waals surface area contributed by atoms with Crippen LogP contribution < -0.4 is 5.32 Å². The van der Waals surface area contributed by atoms with Gasteiger partial charge in [-0.1, -0.05) is 51.1 Å². The van der Waals surface area contributed by atoms with E-state index >= 15 is 0 Å². The van der Waals surface area contributed by atoms with E-state index in [0.717, 1.165) is 0 Å². The summed E-state index contributed by atoms with van der Waals surface area (Å²) in [6.07, 6.45) is 0. The lowest BCUT2D eigenvalue weighted by Gasteiger charge is -2.28. The summed E-state index contributed by atoms with van der Waals surface area (Å²) in [5, 5.41) is 12.5. The van der Waals surface area contributed by atoms with Gasteiger partial charge in [0.05, 0.1) is 5.92 Å². The molecular weight excluding hydrogens is 226 g/mol. The molecule has 1 aromatic carbocycles. The van der Waals surface area contributed by atoms with Crippen molar-refractivity contribution in [3.63, 3.8) is 0 Å². The monoisotopic (exact) mass is 249 g/mol. The fraction of sp³-hybridized carbons (Fsp3) is 0.533. The molecule has 18 heavy (non-hydrogen) atoms. The topological polar surface area (TPSA) is 49.3 Å². The van der Waals surface area contributed by atoms with Gasteiger partial charge in [0, 0.05) is 12.1 Å². The second-order valence-electron chi connectivity index (χ2n) is 5.21. The molecule has 0 aliphatic rings. The van der Waals surface area contributed by atoms with Gasteiger partial charge in [-0.25, -0.2) is 0 Å². The number of nitrogens with one attached hydrogen (secondary N) is 1. The van der Waals surface area contributed by atoms with Gasteiger partial charge in [0.1, 0.15) is 0 Å². The van der Waals surface area contributed by atoms with Gasteiger partial charge < -0.3 is 10.4 Å². The number of carboxylic acid groups (broad SMARTS) is 1. The highest BCUT2D eigenvalue weighted by Gasteiger charge is 2.24. The molecule has 0 saturated heterocycles. The van der Waals surface area contributed by atoms with Crippen molar-refractivity contribution >= 4 is 5.97 Å². The van der Waals surface area contributed by atoms with Gasteiger partial charge in [0.15, 0.2) is 0 Å². The van der Waals surface area contributed by atoms with Crippen LogP contribution in [-0.2, 0) is 4.79 Å². The molecule has 1 aromatic rings. The smallest absolute Gasteiger partial charge is 0.307 e. The quantitative estimate of drug-likeness (QED) is 0.814. The largest absolute Gasteiger partial charge is 0.481 e. The van der Waals surface area contributed by atoms with E-state index in [1.54, 1.807) is 6.92 Å². The number of carbonyl (C=O) groups is 1. The third kappa shape index (κ3) is 3.84. The minimum Gasteiger partial charge on any atom is -0.481 e. The molecule has 0 bridgehead atoms. The fourth-order valence-electron chi connectivity index (χ4n) is 1.98. The highest BCUT2D eigenvalue weighted by atomic mass is 16.4. The standard InChI is InChI=1S/C15H23NO2/c1-10(2)14(13-8-6-5-7-9-13)16-12(4)11(3)15(17)18/h5-12,14,16H,1-4H3,(H,17,18)/t11?,12-,14-/m1/s1. The fourth-order valence-corrected chi connectivity index (χ4v) is 1.98. The van der Waals surface area contributed by atoms with Crippen LogP contribution in [0, 0.1) is 11.8 Å². The van der Waals surface area contributed by atoms with Crippen molar-refractivity contribution < 1.29 is 9.90 Å². The first-order valence-corrected chi connectivity index (χ1v) is 6.47. The van der Waals surface area contributed by atoms with Gasteiger partial charge in [-0.3, -0.25) is 4.79 Å². The van der Waals surface area contributed by atoms with Crippen LogP contribution in [0.25, 0.3) is 0 Å². The Labute approximate surface area is 109 Å². The average molecular weight is 249 g/mol. The predicted molar refractivity (Wildman–Crippen MR) is 73.4 cm³/mol. The van der Waals surface area contributed by atoms with E-state index in [4.69, 9.17) is 5.11 Å². The van der Waals surface area contributed by atoms with Crippen molar-refractivity contribution in [2.24, 2.45) is 11.8 Å². The van der Waals surface area contributed by atoms with Crippen molar-refractivity contribution in [2.45, 2.75) is 39.8 Å². The highest BCUT2D eigenvalue weighted by Crippen LogP contribution is 2.23. The summed E-state index contributed by atoms with van der Waals surface area (Å²) < 4.78 is 0. The first-order valence-electron chi connectivity index (χ1n) is 6.47. The van der Waals surface area contributed by atoms with Crippen molar-refractivity contribution in [3.8, 4) is 0 Å². The lowest BCUT2D eigenvalue weighted by atomic mass is 9.93. The number of hydrogen-bond acceptors (Lipinski definition) is 2. The van der Waals surface area contributed by atoms with E-state index < -0.39 is 11.9 Å². The van der Waals surface area contributed by atoms with E-state index in [2.05, 4.69) is 31.3 Å². The van der Waals surface area contributed by atoms with E-state index in [0.29, 0.717) is 5.92 Å². The maximum atomic E-state index is 11.0. The summed E-state index contributed by atoms with van der Waals surface area (Å²) in [5.74, 6) is -0.739. The summed E-state index contributed by atoms with van der Waals surface area (Å²) in [5.41, 5.74) is 1.21. The van der Waals surface area contributed by atoms with E-state index in [1.807, 2.05) is 25.1 Å². The molecule has 0 aromatic heterocycles. The van der Waals surface area contributed by atoms with Crippen LogP contribution in [0.4, 0.5) is 0 Å². The lowest BCUT2D eigenvalue weighted by Crippen LogP contribution is -2.40. The van der Waals surface area contributed by atoms with E-state index in [-0.39, 0.29) is 12.1 Å². The summed E-state index contributed by atoms with van der Waals surface area (Å²) in [4.78, 5) is 11.0. The molecule has 1 unspecified atom stereocenters. The van der Waals surface area contributed by atoms with Gasteiger partial charge in [0.25, 0.3) is 0 Å². The Morgan fingerprint density at radius 3 is 2.11 bits per heavy atom.